The molecule has 3 rings (SSSR count). The van der Waals surface area contributed by atoms with Crippen LogP contribution < -0.4 is 15.2 Å². The van der Waals surface area contributed by atoms with Gasteiger partial charge >= 0.3 is 0 Å². The molecule has 0 unspecified atom stereocenters. The number of benzene rings is 3. The summed E-state index contributed by atoms with van der Waals surface area (Å²) in [6.07, 6.45) is 0. The first-order chi connectivity index (χ1) is 14.4. The number of hydrogen-bond donors (Lipinski definition) is 2. The molecule has 0 radical (unpaired) electrons. The molecule has 3 N–H and O–H groups in total. The number of rotatable bonds is 6. The Morgan fingerprint density at radius 1 is 1.07 bits per heavy atom. The number of nitriles is 1. The molecule has 9 heteroatoms. The summed E-state index contributed by atoms with van der Waals surface area (Å²) in [4.78, 5) is 13.2. The quantitative estimate of drug-likeness (QED) is 0.411. The van der Waals surface area contributed by atoms with Gasteiger partial charge in [-0.05, 0) is 66.0 Å². The van der Waals surface area contributed by atoms with Gasteiger partial charge in [-0.2, -0.15) is 5.26 Å². The van der Waals surface area contributed by atoms with E-state index in [1.165, 1.54) is 6.07 Å². The van der Waals surface area contributed by atoms with Gasteiger partial charge in [0.05, 0.1) is 27.2 Å². The molecule has 0 atom stereocenters. The maximum atomic E-state index is 12.5. The Kier molecular flexibility index (Phi) is 7.48. The van der Waals surface area contributed by atoms with Gasteiger partial charge < -0.3 is 10.1 Å². The predicted octanol–water partition coefficient (Wildman–Crippen LogP) is 6.21. The Balaban J connectivity index is 1.73. The summed E-state index contributed by atoms with van der Waals surface area (Å²) in [5.74, 6) is 0.434. The van der Waals surface area contributed by atoms with Crippen molar-refractivity contribution < 1.29 is 9.53 Å². The second kappa shape index (κ2) is 10.1. The van der Waals surface area contributed by atoms with Crippen molar-refractivity contribution in [3.05, 3.63) is 86.4 Å². The van der Waals surface area contributed by atoms with E-state index in [9.17, 15) is 4.79 Å². The molecule has 0 saturated heterocycles. The highest BCUT2D eigenvalue weighted by atomic mass is 35.5. The first-order valence-electron chi connectivity index (χ1n) is 8.51. The van der Waals surface area contributed by atoms with Gasteiger partial charge in [0.1, 0.15) is 11.5 Å². The summed E-state index contributed by atoms with van der Waals surface area (Å²) in [5.41, 5.74) is 1.48. The van der Waals surface area contributed by atoms with Crippen molar-refractivity contribution in [3.8, 4) is 17.6 Å². The van der Waals surface area contributed by atoms with Gasteiger partial charge in [0.2, 0.25) is 0 Å². The molecule has 0 aliphatic heterocycles. The molecule has 0 fully saturated rings. The van der Waals surface area contributed by atoms with Gasteiger partial charge in [0, 0.05) is 16.5 Å². The van der Waals surface area contributed by atoms with Crippen molar-refractivity contribution in [2.75, 3.05) is 0 Å². The Hall–Kier alpha value is -2.40. The first-order valence-corrected chi connectivity index (χ1v) is 10.5. The standard InChI is InChI=1S/C21H14Cl3N3O2S/c22-14-5-13(10-25)6-15(8-14)29-20-7-12(1-4-18(20)23)11-27-21(28)17-3-2-16(30-26)9-19(17)24/h1-9H,11,26H2,(H,27,28). The number of hydrogen-bond acceptors (Lipinski definition) is 5. The van der Waals surface area contributed by atoms with Gasteiger partial charge in [-0.15, -0.1) is 0 Å². The van der Waals surface area contributed by atoms with Crippen LogP contribution in [0.1, 0.15) is 21.5 Å². The fourth-order valence-corrected chi connectivity index (χ4v) is 3.62. The number of carbonyl (C=O) groups is 1. The lowest BCUT2D eigenvalue weighted by Crippen LogP contribution is -2.23. The minimum atomic E-state index is -0.320. The zero-order valence-electron chi connectivity index (χ0n) is 15.3. The number of ether oxygens (including phenoxy) is 1. The van der Waals surface area contributed by atoms with Crippen LogP contribution in [0.4, 0.5) is 0 Å². The van der Waals surface area contributed by atoms with E-state index in [1.807, 2.05) is 6.07 Å². The Morgan fingerprint density at radius 3 is 2.57 bits per heavy atom. The van der Waals surface area contributed by atoms with Crippen LogP contribution in [0.5, 0.6) is 11.5 Å². The third kappa shape index (κ3) is 5.60. The molecule has 0 heterocycles. The van der Waals surface area contributed by atoms with Crippen molar-refractivity contribution in [1.29, 1.82) is 5.26 Å². The van der Waals surface area contributed by atoms with Crippen molar-refractivity contribution in [2.24, 2.45) is 5.14 Å². The van der Waals surface area contributed by atoms with Gasteiger partial charge in [-0.25, -0.2) is 0 Å². The molecule has 5 nitrogen and oxygen atoms in total. The number of halogens is 3. The lowest BCUT2D eigenvalue weighted by atomic mass is 10.2. The fourth-order valence-electron chi connectivity index (χ4n) is 2.58. The number of nitrogens with zero attached hydrogens (tertiary/aromatic N) is 1. The maximum Gasteiger partial charge on any atom is 0.253 e. The van der Waals surface area contributed by atoms with Crippen LogP contribution in [-0.2, 0) is 6.54 Å². The molecule has 0 aliphatic rings. The average molecular weight is 479 g/mol. The summed E-state index contributed by atoms with van der Waals surface area (Å²) in [5, 5.41) is 18.4. The summed E-state index contributed by atoms with van der Waals surface area (Å²) >= 11 is 19.4. The topological polar surface area (TPSA) is 88.1 Å². The monoisotopic (exact) mass is 477 g/mol. The Morgan fingerprint density at radius 2 is 1.87 bits per heavy atom. The summed E-state index contributed by atoms with van der Waals surface area (Å²) in [6, 6.07) is 16.8. The van der Waals surface area contributed by atoms with Gasteiger partial charge in [0.15, 0.2) is 0 Å². The molecule has 1 amide bonds. The minimum absolute atomic E-state index is 0.231. The van der Waals surface area contributed by atoms with Crippen LogP contribution in [0.2, 0.25) is 15.1 Å². The molecule has 0 spiro atoms. The molecular formula is C21H14Cl3N3O2S. The van der Waals surface area contributed by atoms with Crippen molar-refractivity contribution in [1.82, 2.24) is 5.32 Å². The SMILES string of the molecule is N#Cc1cc(Cl)cc(Oc2cc(CNC(=O)c3ccc(SN)cc3Cl)ccc2Cl)c1. The number of amides is 1. The Bertz CT molecular complexity index is 1150. The predicted molar refractivity (Wildman–Crippen MR) is 120 cm³/mol. The average Bonchev–Trinajstić information content (AvgIpc) is 2.73. The van der Waals surface area contributed by atoms with Crippen molar-refractivity contribution in [2.45, 2.75) is 11.4 Å². The highest BCUT2D eigenvalue weighted by Gasteiger charge is 2.12. The molecule has 0 aliphatic carbocycles. The molecule has 152 valence electrons. The van der Waals surface area contributed by atoms with E-state index in [1.54, 1.807) is 48.5 Å². The second-order valence-corrected chi connectivity index (χ2v) is 8.05. The van der Waals surface area contributed by atoms with E-state index in [2.05, 4.69) is 5.32 Å². The largest absolute Gasteiger partial charge is 0.456 e. The first kappa shape index (κ1) is 22.3. The van der Waals surface area contributed by atoms with Gasteiger partial charge in [-0.3, -0.25) is 9.93 Å². The van der Waals surface area contributed by atoms with E-state index in [4.69, 9.17) is 49.9 Å². The minimum Gasteiger partial charge on any atom is -0.456 e. The van der Waals surface area contributed by atoms with E-state index in [0.29, 0.717) is 37.7 Å². The molecule has 0 aromatic heterocycles. The van der Waals surface area contributed by atoms with E-state index in [-0.39, 0.29) is 12.5 Å². The molecular weight excluding hydrogens is 465 g/mol. The third-order valence-corrected chi connectivity index (χ3v) is 5.37. The fraction of sp³-hybridized carbons (Fsp3) is 0.0476. The zero-order chi connectivity index (χ0) is 21.7. The lowest BCUT2D eigenvalue weighted by Gasteiger charge is -2.12. The van der Waals surface area contributed by atoms with Crippen LogP contribution in [-0.4, -0.2) is 5.91 Å². The van der Waals surface area contributed by atoms with E-state index in [0.717, 1.165) is 22.4 Å². The number of nitrogens with two attached hydrogens (primary N) is 1. The second-order valence-electron chi connectivity index (χ2n) is 6.10. The van der Waals surface area contributed by atoms with Crippen LogP contribution in [0.15, 0.2) is 59.5 Å². The summed E-state index contributed by atoms with van der Waals surface area (Å²) in [6.45, 7) is 0.231. The zero-order valence-corrected chi connectivity index (χ0v) is 18.4. The highest BCUT2D eigenvalue weighted by Crippen LogP contribution is 2.32. The van der Waals surface area contributed by atoms with Gasteiger partial charge in [0.25, 0.3) is 5.91 Å². The van der Waals surface area contributed by atoms with Crippen LogP contribution >= 0.6 is 46.8 Å². The Labute approximate surface area is 192 Å². The van der Waals surface area contributed by atoms with Crippen LogP contribution in [0.25, 0.3) is 0 Å². The van der Waals surface area contributed by atoms with E-state index >= 15 is 0 Å². The molecule has 3 aromatic carbocycles. The lowest BCUT2D eigenvalue weighted by molar-refractivity contribution is 0.0951. The molecule has 0 bridgehead atoms. The van der Waals surface area contributed by atoms with Crippen LogP contribution in [0.3, 0.4) is 0 Å². The van der Waals surface area contributed by atoms with E-state index < -0.39 is 0 Å². The van der Waals surface area contributed by atoms with Gasteiger partial charge in [-0.1, -0.05) is 40.9 Å². The van der Waals surface area contributed by atoms with Crippen molar-refractivity contribution >= 4 is 52.7 Å². The van der Waals surface area contributed by atoms with Crippen LogP contribution in [0, 0.1) is 11.3 Å². The third-order valence-electron chi connectivity index (χ3n) is 4.00. The molecule has 30 heavy (non-hydrogen) atoms. The summed E-state index contributed by atoms with van der Waals surface area (Å²) in [7, 11) is 0. The summed E-state index contributed by atoms with van der Waals surface area (Å²) < 4.78 is 5.79. The van der Waals surface area contributed by atoms with Crippen molar-refractivity contribution in [3.63, 3.8) is 0 Å². The number of carbonyl (C=O) groups excluding carboxylic acids is 1. The smallest absolute Gasteiger partial charge is 0.253 e. The number of nitrogens with one attached hydrogen (secondary N) is 1. The highest BCUT2D eigenvalue weighted by molar-refractivity contribution is 7.97. The molecule has 0 saturated carbocycles. The maximum absolute atomic E-state index is 12.5. The molecule has 3 aromatic rings. The normalized spacial score (nSPS) is 10.4.